The van der Waals surface area contributed by atoms with E-state index in [1.54, 1.807) is 30.3 Å². The zero-order valence-electron chi connectivity index (χ0n) is 12.7. The number of rotatable bonds is 7. The molecule has 0 bridgehead atoms. The lowest BCUT2D eigenvalue weighted by Gasteiger charge is -2.10. The molecule has 2 aromatic rings. The first-order chi connectivity index (χ1) is 11.2. The van der Waals surface area contributed by atoms with Gasteiger partial charge in [-0.2, -0.15) is 0 Å². The monoisotopic (exact) mass is 316 g/mol. The average molecular weight is 316 g/mol. The normalized spacial score (nSPS) is 10.5. The van der Waals surface area contributed by atoms with Crippen molar-refractivity contribution in [1.82, 2.24) is 0 Å². The predicted molar refractivity (Wildman–Crippen MR) is 86.2 cm³/mol. The lowest BCUT2D eigenvalue weighted by atomic mass is 10.2. The third-order valence-corrected chi connectivity index (χ3v) is 2.78. The summed E-state index contributed by atoms with van der Waals surface area (Å²) in [5.41, 5.74) is 1.11. The number of halogens is 1. The number of ether oxygens (including phenoxy) is 1. The number of hydrogen-bond donors (Lipinski definition) is 1. The Morgan fingerprint density at radius 2 is 2.09 bits per heavy atom. The first-order valence-corrected chi connectivity index (χ1v) is 7.11. The summed E-state index contributed by atoms with van der Waals surface area (Å²) in [4.78, 5) is 16.7. The number of carbonyl (C=O) groups excluding carboxylic acids is 1. The van der Waals surface area contributed by atoms with Crippen molar-refractivity contribution < 1.29 is 18.8 Å². The zero-order chi connectivity index (χ0) is 16.5. The van der Waals surface area contributed by atoms with E-state index in [1.807, 2.05) is 13.0 Å². The third kappa shape index (κ3) is 5.43. The Balaban J connectivity index is 1.84. The second-order valence-corrected chi connectivity index (χ2v) is 4.54. The zero-order valence-corrected chi connectivity index (χ0v) is 12.7. The van der Waals surface area contributed by atoms with E-state index in [2.05, 4.69) is 10.5 Å². The summed E-state index contributed by atoms with van der Waals surface area (Å²) in [6, 6.07) is 13.0. The Hall–Kier alpha value is -2.89. The van der Waals surface area contributed by atoms with Gasteiger partial charge in [0.2, 0.25) is 0 Å². The van der Waals surface area contributed by atoms with Crippen molar-refractivity contribution in [3.8, 4) is 5.75 Å². The van der Waals surface area contributed by atoms with Crippen LogP contribution in [0.1, 0.15) is 12.5 Å². The lowest BCUT2D eigenvalue weighted by Crippen LogP contribution is -2.17. The van der Waals surface area contributed by atoms with Gasteiger partial charge in [-0.05, 0) is 36.8 Å². The van der Waals surface area contributed by atoms with Gasteiger partial charge in [0.05, 0.1) is 18.5 Å². The Bertz CT molecular complexity index is 689. The highest BCUT2D eigenvalue weighted by Crippen LogP contribution is 2.23. The fraction of sp³-hybridized carbons (Fsp3) is 0.176. The highest BCUT2D eigenvalue weighted by molar-refractivity contribution is 5.93. The van der Waals surface area contributed by atoms with Crippen LogP contribution in [0.25, 0.3) is 0 Å². The van der Waals surface area contributed by atoms with Crippen LogP contribution in [0.15, 0.2) is 53.7 Å². The molecule has 0 saturated heterocycles. The third-order valence-electron chi connectivity index (χ3n) is 2.78. The van der Waals surface area contributed by atoms with Crippen LogP contribution >= 0.6 is 0 Å². The fourth-order valence-electron chi connectivity index (χ4n) is 1.82. The van der Waals surface area contributed by atoms with E-state index in [-0.39, 0.29) is 18.3 Å². The van der Waals surface area contributed by atoms with Gasteiger partial charge in [-0.1, -0.05) is 29.4 Å². The van der Waals surface area contributed by atoms with Gasteiger partial charge >= 0.3 is 0 Å². The molecule has 0 aliphatic rings. The number of carbonyl (C=O) groups is 1. The largest absolute Gasteiger partial charge is 0.492 e. The summed E-state index contributed by atoms with van der Waals surface area (Å²) < 4.78 is 18.4. The molecule has 0 unspecified atom stereocenters. The van der Waals surface area contributed by atoms with Crippen molar-refractivity contribution in [3.05, 3.63) is 59.9 Å². The maximum atomic E-state index is 13.0. The molecule has 0 aliphatic heterocycles. The van der Waals surface area contributed by atoms with E-state index >= 15 is 0 Å². The summed E-state index contributed by atoms with van der Waals surface area (Å²) in [7, 11) is 0. The van der Waals surface area contributed by atoms with Crippen LogP contribution < -0.4 is 10.1 Å². The molecule has 0 heterocycles. The second-order valence-electron chi connectivity index (χ2n) is 4.54. The molecule has 1 amide bonds. The quantitative estimate of drug-likeness (QED) is 0.630. The standard InChI is InChI=1S/C17H17FN2O3/c1-2-22-16-9-4-3-8-15(16)20-17(21)12-23-19-11-13-6-5-7-14(18)10-13/h3-11H,2,12H2,1H3,(H,20,21)/b19-11-. The van der Waals surface area contributed by atoms with E-state index in [4.69, 9.17) is 9.57 Å². The van der Waals surface area contributed by atoms with Crippen molar-refractivity contribution in [2.45, 2.75) is 6.92 Å². The number of amides is 1. The molecule has 23 heavy (non-hydrogen) atoms. The molecular weight excluding hydrogens is 299 g/mol. The molecular formula is C17H17FN2O3. The number of nitrogens with one attached hydrogen (secondary N) is 1. The molecule has 0 spiro atoms. The molecule has 2 rings (SSSR count). The summed E-state index contributed by atoms with van der Waals surface area (Å²) in [6.45, 7) is 2.11. The van der Waals surface area contributed by atoms with Crippen molar-refractivity contribution in [2.75, 3.05) is 18.5 Å². The van der Waals surface area contributed by atoms with Gasteiger partial charge in [-0.15, -0.1) is 0 Å². The van der Waals surface area contributed by atoms with Crippen LogP contribution in [-0.4, -0.2) is 25.3 Å². The molecule has 6 heteroatoms. The number of nitrogens with zero attached hydrogens (tertiary/aromatic N) is 1. The molecule has 0 atom stereocenters. The minimum atomic E-state index is -0.367. The maximum absolute atomic E-state index is 13.0. The summed E-state index contributed by atoms with van der Waals surface area (Å²) in [5, 5.41) is 6.32. The van der Waals surface area contributed by atoms with E-state index in [1.165, 1.54) is 18.3 Å². The van der Waals surface area contributed by atoms with Gasteiger partial charge in [0.25, 0.3) is 5.91 Å². The molecule has 0 aromatic heterocycles. The molecule has 0 radical (unpaired) electrons. The van der Waals surface area contributed by atoms with Crippen LogP contribution in [0.2, 0.25) is 0 Å². The number of anilines is 1. The highest BCUT2D eigenvalue weighted by Gasteiger charge is 2.07. The highest BCUT2D eigenvalue weighted by atomic mass is 19.1. The van der Waals surface area contributed by atoms with Crippen LogP contribution in [0, 0.1) is 5.82 Å². The second kappa shape index (κ2) is 8.53. The van der Waals surface area contributed by atoms with Crippen LogP contribution in [0.4, 0.5) is 10.1 Å². The van der Waals surface area contributed by atoms with Gasteiger partial charge in [0, 0.05) is 0 Å². The molecule has 0 saturated carbocycles. The molecule has 0 aliphatic carbocycles. The molecule has 1 N–H and O–H groups in total. The summed E-state index contributed by atoms with van der Waals surface area (Å²) in [5.74, 6) is -0.139. The molecule has 120 valence electrons. The summed E-state index contributed by atoms with van der Waals surface area (Å²) >= 11 is 0. The number of para-hydroxylation sites is 2. The van der Waals surface area contributed by atoms with E-state index in [9.17, 15) is 9.18 Å². The van der Waals surface area contributed by atoms with Crippen molar-refractivity contribution in [2.24, 2.45) is 5.16 Å². The first kappa shape index (κ1) is 16.5. The number of hydrogen-bond acceptors (Lipinski definition) is 4. The van der Waals surface area contributed by atoms with Gasteiger partial charge in [0.1, 0.15) is 11.6 Å². The van der Waals surface area contributed by atoms with Gasteiger partial charge < -0.3 is 14.9 Å². The van der Waals surface area contributed by atoms with E-state index in [0.717, 1.165) is 0 Å². The predicted octanol–water partition coefficient (Wildman–Crippen LogP) is 3.21. The lowest BCUT2D eigenvalue weighted by molar-refractivity contribution is -0.120. The van der Waals surface area contributed by atoms with Crippen LogP contribution in [0.3, 0.4) is 0 Å². The number of benzene rings is 2. The summed E-state index contributed by atoms with van der Waals surface area (Å²) in [6.07, 6.45) is 1.34. The van der Waals surface area contributed by atoms with Crippen LogP contribution in [0.5, 0.6) is 5.75 Å². The van der Waals surface area contributed by atoms with E-state index in [0.29, 0.717) is 23.6 Å². The molecule has 0 fully saturated rings. The minimum Gasteiger partial charge on any atom is -0.492 e. The maximum Gasteiger partial charge on any atom is 0.265 e. The van der Waals surface area contributed by atoms with Crippen molar-refractivity contribution in [3.63, 3.8) is 0 Å². The molecule has 2 aromatic carbocycles. The first-order valence-electron chi connectivity index (χ1n) is 7.11. The number of oxime groups is 1. The fourth-order valence-corrected chi connectivity index (χ4v) is 1.82. The van der Waals surface area contributed by atoms with Crippen LogP contribution in [-0.2, 0) is 9.63 Å². The SMILES string of the molecule is CCOc1ccccc1NC(=O)CO/N=C\c1cccc(F)c1. The molecule has 5 nitrogen and oxygen atoms in total. The van der Waals surface area contributed by atoms with Gasteiger partial charge in [-0.3, -0.25) is 4.79 Å². The average Bonchev–Trinajstić information content (AvgIpc) is 2.54. The van der Waals surface area contributed by atoms with Gasteiger partial charge in [-0.25, -0.2) is 4.39 Å². The topological polar surface area (TPSA) is 59.9 Å². The Morgan fingerprint density at radius 1 is 1.26 bits per heavy atom. The van der Waals surface area contributed by atoms with Crippen molar-refractivity contribution >= 4 is 17.8 Å². The Labute approximate surface area is 133 Å². The van der Waals surface area contributed by atoms with E-state index < -0.39 is 0 Å². The van der Waals surface area contributed by atoms with Crippen molar-refractivity contribution in [1.29, 1.82) is 0 Å². The smallest absolute Gasteiger partial charge is 0.265 e. The minimum absolute atomic E-state index is 0.258. The Kier molecular flexibility index (Phi) is 6.11. The Morgan fingerprint density at radius 3 is 2.87 bits per heavy atom. The van der Waals surface area contributed by atoms with Gasteiger partial charge in [0.15, 0.2) is 6.61 Å².